The van der Waals surface area contributed by atoms with Crippen LogP contribution in [0.3, 0.4) is 0 Å². The van der Waals surface area contributed by atoms with Crippen molar-refractivity contribution in [2.45, 2.75) is 0 Å². The highest BCUT2D eigenvalue weighted by molar-refractivity contribution is 9.10. The Kier molecular flexibility index (Phi) is 5.25. The van der Waals surface area contributed by atoms with Gasteiger partial charge >= 0.3 is 0 Å². The lowest BCUT2D eigenvalue weighted by Crippen LogP contribution is -2.13. The Morgan fingerprint density at radius 3 is 2.56 bits per heavy atom. The lowest BCUT2D eigenvalue weighted by Gasteiger charge is -2.05. The third kappa shape index (κ3) is 3.95. The fourth-order valence-electron chi connectivity index (χ4n) is 2.16. The van der Waals surface area contributed by atoms with Gasteiger partial charge in [0.2, 0.25) is 5.43 Å². The maximum absolute atomic E-state index is 12.5. The van der Waals surface area contributed by atoms with E-state index in [-0.39, 0.29) is 5.43 Å². The molecule has 0 amide bonds. The third-order valence-electron chi connectivity index (χ3n) is 3.47. The van der Waals surface area contributed by atoms with Crippen LogP contribution in [0.15, 0.2) is 69.0 Å². The Bertz CT molecular complexity index is 938. The van der Waals surface area contributed by atoms with Crippen molar-refractivity contribution in [1.82, 2.24) is 10.2 Å². The van der Waals surface area contributed by atoms with Gasteiger partial charge in [-0.05, 0) is 45.8 Å². The fraction of sp³-hybridized carbons (Fsp3) is 0.0556. The van der Waals surface area contributed by atoms with Gasteiger partial charge < -0.3 is 4.74 Å². The summed E-state index contributed by atoms with van der Waals surface area (Å²) < 4.78 is 5.45. The predicted octanol–water partition coefficient (Wildman–Crippen LogP) is 3.65. The molecule has 2 N–H and O–H groups in total. The molecular formula is C18H15BrN4O2. The number of rotatable bonds is 5. The van der Waals surface area contributed by atoms with Crippen LogP contribution in [0.25, 0.3) is 11.3 Å². The number of hydrogen-bond acceptors (Lipinski definition) is 5. The van der Waals surface area contributed by atoms with E-state index in [2.05, 4.69) is 36.7 Å². The summed E-state index contributed by atoms with van der Waals surface area (Å²) >= 11 is 3.30. The van der Waals surface area contributed by atoms with Gasteiger partial charge in [-0.2, -0.15) is 10.2 Å². The molecule has 0 fully saturated rings. The first-order chi connectivity index (χ1) is 12.2. The predicted molar refractivity (Wildman–Crippen MR) is 102 cm³/mol. The summed E-state index contributed by atoms with van der Waals surface area (Å²) in [5.41, 5.74) is 4.55. The van der Waals surface area contributed by atoms with Crippen LogP contribution >= 0.6 is 15.9 Å². The number of halogens is 1. The van der Waals surface area contributed by atoms with Crippen LogP contribution in [0.2, 0.25) is 0 Å². The molecule has 0 saturated carbocycles. The highest BCUT2D eigenvalue weighted by Gasteiger charge is 2.11. The standard InChI is InChI=1S/C18H15BrN4O2/c1-25-14-9-7-12(8-10-14)11-20-22-18-15(19)17(24)16(21-23-18)13-5-3-2-4-6-13/h2-11H,1H3,(H2,22,23,24)/b20-11+. The fourth-order valence-corrected chi connectivity index (χ4v) is 2.52. The number of ether oxygens (including phenoxy) is 1. The molecule has 1 aromatic heterocycles. The summed E-state index contributed by atoms with van der Waals surface area (Å²) in [6.45, 7) is 0. The van der Waals surface area contributed by atoms with Gasteiger partial charge in [0.1, 0.15) is 15.9 Å². The van der Waals surface area contributed by atoms with Gasteiger partial charge in [-0.1, -0.05) is 30.3 Å². The summed E-state index contributed by atoms with van der Waals surface area (Å²) in [7, 11) is 1.62. The van der Waals surface area contributed by atoms with E-state index < -0.39 is 0 Å². The SMILES string of the molecule is COc1ccc(/C=N/Nc2[nH]nc(-c3ccccc3)c(=O)c2Br)cc1. The molecule has 25 heavy (non-hydrogen) atoms. The second-order valence-corrected chi connectivity index (χ2v) is 5.89. The highest BCUT2D eigenvalue weighted by atomic mass is 79.9. The minimum Gasteiger partial charge on any atom is -0.497 e. The van der Waals surface area contributed by atoms with E-state index in [0.29, 0.717) is 16.0 Å². The van der Waals surface area contributed by atoms with Crippen molar-refractivity contribution in [1.29, 1.82) is 0 Å². The monoisotopic (exact) mass is 398 g/mol. The Morgan fingerprint density at radius 2 is 1.88 bits per heavy atom. The van der Waals surface area contributed by atoms with Crippen LogP contribution in [0.1, 0.15) is 5.56 Å². The van der Waals surface area contributed by atoms with Gasteiger partial charge in [-0.15, -0.1) is 0 Å². The van der Waals surface area contributed by atoms with Crippen molar-refractivity contribution in [3.05, 3.63) is 74.9 Å². The first kappa shape index (κ1) is 16.9. The van der Waals surface area contributed by atoms with Gasteiger partial charge in [0, 0.05) is 5.56 Å². The molecule has 0 saturated heterocycles. The zero-order chi connectivity index (χ0) is 17.6. The topological polar surface area (TPSA) is 79.4 Å². The molecule has 1 heterocycles. The van der Waals surface area contributed by atoms with Crippen LogP contribution in [0.5, 0.6) is 5.75 Å². The molecule has 0 aliphatic rings. The van der Waals surface area contributed by atoms with E-state index >= 15 is 0 Å². The molecule has 7 heteroatoms. The van der Waals surface area contributed by atoms with Gasteiger partial charge in [-0.25, -0.2) is 0 Å². The quantitative estimate of drug-likeness (QED) is 0.507. The van der Waals surface area contributed by atoms with Crippen LogP contribution < -0.4 is 15.6 Å². The number of methoxy groups -OCH3 is 1. The molecular weight excluding hydrogens is 384 g/mol. The number of aromatic amines is 1. The highest BCUT2D eigenvalue weighted by Crippen LogP contribution is 2.19. The van der Waals surface area contributed by atoms with Crippen LogP contribution in [-0.4, -0.2) is 23.5 Å². The van der Waals surface area contributed by atoms with E-state index in [4.69, 9.17) is 4.74 Å². The summed E-state index contributed by atoms with van der Waals surface area (Å²) in [5, 5.41) is 11.1. The Balaban J connectivity index is 1.78. The van der Waals surface area contributed by atoms with Crippen molar-refractivity contribution in [2.24, 2.45) is 5.10 Å². The van der Waals surface area contributed by atoms with E-state index in [1.807, 2.05) is 54.6 Å². The normalized spacial score (nSPS) is 10.8. The second-order valence-electron chi connectivity index (χ2n) is 5.10. The van der Waals surface area contributed by atoms with Crippen molar-refractivity contribution < 1.29 is 4.74 Å². The van der Waals surface area contributed by atoms with Crippen LogP contribution in [0, 0.1) is 0 Å². The molecule has 6 nitrogen and oxygen atoms in total. The molecule has 0 unspecified atom stereocenters. The van der Waals surface area contributed by atoms with Gasteiger partial charge in [0.05, 0.1) is 13.3 Å². The minimum absolute atomic E-state index is 0.216. The van der Waals surface area contributed by atoms with Crippen molar-refractivity contribution >= 4 is 28.0 Å². The maximum atomic E-state index is 12.5. The number of nitrogens with zero attached hydrogens (tertiary/aromatic N) is 2. The van der Waals surface area contributed by atoms with Crippen molar-refractivity contribution in [3.8, 4) is 17.0 Å². The zero-order valence-electron chi connectivity index (χ0n) is 13.4. The van der Waals surface area contributed by atoms with Gasteiger partial charge in [0.25, 0.3) is 0 Å². The molecule has 0 aliphatic heterocycles. The van der Waals surface area contributed by atoms with Crippen LogP contribution in [-0.2, 0) is 0 Å². The van der Waals surface area contributed by atoms with Crippen molar-refractivity contribution in [2.75, 3.05) is 12.5 Å². The Morgan fingerprint density at radius 1 is 1.16 bits per heavy atom. The number of anilines is 1. The molecule has 0 bridgehead atoms. The summed E-state index contributed by atoms with van der Waals surface area (Å²) in [5.74, 6) is 1.16. The minimum atomic E-state index is -0.216. The molecule has 0 radical (unpaired) electrons. The number of benzene rings is 2. The number of hydrogen-bond donors (Lipinski definition) is 2. The zero-order valence-corrected chi connectivity index (χ0v) is 14.9. The summed E-state index contributed by atoms with van der Waals surface area (Å²) in [6.07, 6.45) is 1.63. The number of hydrazone groups is 1. The smallest absolute Gasteiger partial charge is 0.224 e. The number of aromatic nitrogens is 2. The van der Waals surface area contributed by atoms with E-state index in [9.17, 15) is 4.79 Å². The first-order valence-electron chi connectivity index (χ1n) is 7.46. The Hall–Kier alpha value is -2.93. The average molecular weight is 399 g/mol. The average Bonchev–Trinajstić information content (AvgIpc) is 2.66. The third-order valence-corrected chi connectivity index (χ3v) is 4.22. The molecule has 2 aromatic carbocycles. The summed E-state index contributed by atoms with van der Waals surface area (Å²) in [4.78, 5) is 12.5. The number of H-pyrrole nitrogens is 1. The van der Waals surface area contributed by atoms with Crippen molar-refractivity contribution in [3.63, 3.8) is 0 Å². The lowest BCUT2D eigenvalue weighted by atomic mass is 10.1. The lowest BCUT2D eigenvalue weighted by molar-refractivity contribution is 0.415. The van der Waals surface area contributed by atoms with Gasteiger partial charge in [0.15, 0.2) is 5.82 Å². The summed E-state index contributed by atoms with van der Waals surface area (Å²) in [6, 6.07) is 16.7. The van der Waals surface area contributed by atoms with E-state index in [1.165, 1.54) is 0 Å². The largest absolute Gasteiger partial charge is 0.497 e. The molecule has 3 aromatic rings. The molecule has 0 spiro atoms. The van der Waals surface area contributed by atoms with Gasteiger partial charge in [-0.3, -0.25) is 15.3 Å². The van der Waals surface area contributed by atoms with Crippen LogP contribution in [0.4, 0.5) is 5.82 Å². The maximum Gasteiger partial charge on any atom is 0.224 e. The van der Waals surface area contributed by atoms with E-state index in [0.717, 1.165) is 16.9 Å². The molecule has 0 aliphatic carbocycles. The Labute approximate surface area is 152 Å². The molecule has 126 valence electrons. The molecule has 3 rings (SSSR count). The number of nitrogens with one attached hydrogen (secondary N) is 2. The molecule has 0 atom stereocenters. The van der Waals surface area contributed by atoms with E-state index in [1.54, 1.807) is 13.3 Å². The second kappa shape index (κ2) is 7.76. The first-order valence-corrected chi connectivity index (χ1v) is 8.25.